The number of nitrogens with two attached hydrogens (primary N) is 1. The van der Waals surface area contributed by atoms with E-state index < -0.39 is 5.54 Å². The van der Waals surface area contributed by atoms with E-state index in [0.717, 1.165) is 29.7 Å². The molecular weight excluding hydrogens is 254 g/mol. The summed E-state index contributed by atoms with van der Waals surface area (Å²) in [5, 5.41) is 4.04. The summed E-state index contributed by atoms with van der Waals surface area (Å²) < 4.78 is 10.7. The molecule has 20 heavy (non-hydrogen) atoms. The predicted octanol–water partition coefficient (Wildman–Crippen LogP) is 3.03. The van der Waals surface area contributed by atoms with Crippen LogP contribution in [0.2, 0.25) is 0 Å². The smallest absolute Gasteiger partial charge is 0.247 e. The van der Waals surface area contributed by atoms with E-state index in [1.54, 1.807) is 7.11 Å². The van der Waals surface area contributed by atoms with E-state index in [0.29, 0.717) is 11.7 Å². The van der Waals surface area contributed by atoms with Crippen molar-refractivity contribution in [2.45, 2.75) is 39.2 Å². The number of aryl methyl sites for hydroxylation is 1. The average molecular weight is 275 g/mol. The normalized spacial score (nSPS) is 11.7. The van der Waals surface area contributed by atoms with Crippen LogP contribution in [0.1, 0.15) is 38.1 Å². The van der Waals surface area contributed by atoms with Gasteiger partial charge in [0.25, 0.3) is 0 Å². The second kappa shape index (κ2) is 5.63. The lowest BCUT2D eigenvalue weighted by Crippen LogP contribution is -2.35. The number of rotatable bonds is 5. The van der Waals surface area contributed by atoms with Crippen LogP contribution in [0.3, 0.4) is 0 Å². The molecule has 1 heterocycles. The van der Waals surface area contributed by atoms with Crippen molar-refractivity contribution in [2.75, 3.05) is 7.11 Å². The Morgan fingerprint density at radius 2 is 2.00 bits per heavy atom. The van der Waals surface area contributed by atoms with Crippen molar-refractivity contribution in [2.24, 2.45) is 5.73 Å². The van der Waals surface area contributed by atoms with Crippen LogP contribution >= 0.6 is 0 Å². The van der Waals surface area contributed by atoms with Crippen molar-refractivity contribution in [3.05, 3.63) is 29.7 Å². The molecule has 0 aliphatic heterocycles. The van der Waals surface area contributed by atoms with Gasteiger partial charge in [-0.3, -0.25) is 0 Å². The monoisotopic (exact) mass is 275 g/mol. The number of benzene rings is 1. The van der Waals surface area contributed by atoms with E-state index in [-0.39, 0.29) is 0 Å². The second-order valence-electron chi connectivity index (χ2n) is 4.99. The molecule has 0 saturated heterocycles. The highest BCUT2D eigenvalue weighted by Gasteiger charge is 2.30. The molecule has 2 rings (SSSR count). The molecule has 0 spiro atoms. The summed E-state index contributed by atoms with van der Waals surface area (Å²) in [7, 11) is 1.63. The summed E-state index contributed by atoms with van der Waals surface area (Å²) in [6.07, 6.45) is 1.49. The molecular formula is C15H21N3O2. The molecule has 0 aliphatic rings. The van der Waals surface area contributed by atoms with Crippen LogP contribution in [0.15, 0.2) is 22.7 Å². The summed E-state index contributed by atoms with van der Waals surface area (Å²) in [6, 6.07) is 5.86. The molecule has 0 bridgehead atoms. The zero-order valence-electron chi connectivity index (χ0n) is 12.4. The zero-order valence-corrected chi connectivity index (χ0v) is 12.4. The van der Waals surface area contributed by atoms with Crippen molar-refractivity contribution in [1.82, 2.24) is 10.1 Å². The minimum Gasteiger partial charge on any atom is -0.496 e. The lowest BCUT2D eigenvalue weighted by atomic mass is 9.94. The number of methoxy groups -OCH3 is 1. The van der Waals surface area contributed by atoms with Crippen molar-refractivity contribution < 1.29 is 9.26 Å². The summed E-state index contributed by atoms with van der Waals surface area (Å²) in [5.74, 6) is 1.71. The van der Waals surface area contributed by atoms with Gasteiger partial charge in [-0.2, -0.15) is 4.98 Å². The van der Waals surface area contributed by atoms with Crippen molar-refractivity contribution in [3.8, 4) is 17.1 Å². The molecule has 108 valence electrons. The van der Waals surface area contributed by atoms with Crippen LogP contribution in [-0.4, -0.2) is 17.3 Å². The third-order valence-electron chi connectivity index (χ3n) is 3.71. The molecule has 2 N–H and O–H groups in total. The quantitative estimate of drug-likeness (QED) is 0.907. The van der Waals surface area contributed by atoms with Crippen LogP contribution in [0.5, 0.6) is 5.75 Å². The highest BCUT2D eigenvalue weighted by molar-refractivity contribution is 5.64. The highest BCUT2D eigenvalue weighted by atomic mass is 16.5. The Labute approximate surface area is 119 Å². The van der Waals surface area contributed by atoms with Crippen LogP contribution < -0.4 is 10.5 Å². The van der Waals surface area contributed by atoms with Gasteiger partial charge in [-0.25, -0.2) is 0 Å². The Balaban J connectivity index is 2.43. The second-order valence-corrected chi connectivity index (χ2v) is 4.99. The van der Waals surface area contributed by atoms with E-state index >= 15 is 0 Å². The SMILES string of the molecule is CCC(N)(CC)c1nc(-c2ccc(C)cc2OC)no1. The Morgan fingerprint density at radius 1 is 1.30 bits per heavy atom. The maximum atomic E-state index is 6.28. The Kier molecular flexibility index (Phi) is 4.09. The Morgan fingerprint density at radius 3 is 2.60 bits per heavy atom. The average Bonchev–Trinajstić information content (AvgIpc) is 2.96. The first-order valence-electron chi connectivity index (χ1n) is 6.82. The van der Waals surface area contributed by atoms with Crippen LogP contribution in [0.4, 0.5) is 0 Å². The molecule has 0 saturated carbocycles. The maximum Gasteiger partial charge on any atom is 0.247 e. The zero-order chi connectivity index (χ0) is 14.8. The number of hydrogen-bond donors (Lipinski definition) is 1. The molecule has 0 unspecified atom stereocenters. The van der Waals surface area contributed by atoms with Gasteiger partial charge in [-0.1, -0.05) is 25.1 Å². The number of ether oxygens (including phenoxy) is 1. The summed E-state index contributed by atoms with van der Waals surface area (Å²) in [6.45, 7) is 6.03. The van der Waals surface area contributed by atoms with Crippen molar-refractivity contribution in [1.29, 1.82) is 0 Å². The minimum atomic E-state index is -0.566. The van der Waals surface area contributed by atoms with Crippen LogP contribution in [-0.2, 0) is 5.54 Å². The third kappa shape index (κ3) is 2.54. The largest absolute Gasteiger partial charge is 0.496 e. The van der Waals surface area contributed by atoms with Gasteiger partial charge >= 0.3 is 0 Å². The molecule has 0 fully saturated rings. The first-order valence-corrected chi connectivity index (χ1v) is 6.82. The van der Waals surface area contributed by atoms with Gasteiger partial charge in [0.2, 0.25) is 11.7 Å². The fourth-order valence-electron chi connectivity index (χ4n) is 2.07. The molecule has 0 aliphatic carbocycles. The van der Waals surface area contributed by atoms with Gasteiger partial charge in [0, 0.05) is 0 Å². The van der Waals surface area contributed by atoms with E-state index in [9.17, 15) is 0 Å². The molecule has 1 aromatic carbocycles. The molecule has 5 nitrogen and oxygen atoms in total. The molecule has 1 aromatic heterocycles. The van der Waals surface area contributed by atoms with Gasteiger partial charge < -0.3 is 15.0 Å². The maximum absolute atomic E-state index is 6.28. The van der Waals surface area contributed by atoms with Crippen molar-refractivity contribution in [3.63, 3.8) is 0 Å². The minimum absolute atomic E-state index is 0.472. The number of hydrogen-bond acceptors (Lipinski definition) is 5. The lowest BCUT2D eigenvalue weighted by Gasteiger charge is -2.20. The van der Waals surface area contributed by atoms with E-state index in [1.165, 1.54) is 0 Å². The highest BCUT2D eigenvalue weighted by Crippen LogP contribution is 2.31. The molecule has 2 aromatic rings. The van der Waals surface area contributed by atoms with Crippen LogP contribution in [0.25, 0.3) is 11.4 Å². The summed E-state index contributed by atoms with van der Waals surface area (Å²) >= 11 is 0. The lowest BCUT2D eigenvalue weighted by molar-refractivity contribution is 0.268. The molecule has 0 amide bonds. The Hall–Kier alpha value is -1.88. The molecule has 0 radical (unpaired) electrons. The van der Waals surface area contributed by atoms with Gasteiger partial charge in [0.15, 0.2) is 0 Å². The third-order valence-corrected chi connectivity index (χ3v) is 3.71. The predicted molar refractivity (Wildman–Crippen MR) is 77.5 cm³/mol. The molecule has 0 atom stereocenters. The molecule has 5 heteroatoms. The van der Waals surface area contributed by atoms with Crippen LogP contribution in [0, 0.1) is 6.92 Å². The summed E-state index contributed by atoms with van der Waals surface area (Å²) in [4.78, 5) is 4.45. The first-order chi connectivity index (χ1) is 9.54. The van der Waals surface area contributed by atoms with Gasteiger partial charge in [-0.05, 0) is 37.5 Å². The van der Waals surface area contributed by atoms with Crippen molar-refractivity contribution >= 4 is 0 Å². The fraction of sp³-hybridized carbons (Fsp3) is 0.467. The van der Waals surface area contributed by atoms with E-state index in [4.69, 9.17) is 15.0 Å². The summed E-state index contributed by atoms with van der Waals surface area (Å²) in [5.41, 5.74) is 7.63. The van der Waals surface area contributed by atoms with Gasteiger partial charge in [0.05, 0.1) is 18.2 Å². The van der Waals surface area contributed by atoms with Gasteiger partial charge in [0.1, 0.15) is 5.75 Å². The first kappa shape index (κ1) is 14.5. The topological polar surface area (TPSA) is 74.2 Å². The Bertz CT molecular complexity index is 589. The van der Waals surface area contributed by atoms with E-state index in [1.807, 2.05) is 39.0 Å². The van der Waals surface area contributed by atoms with Gasteiger partial charge in [-0.15, -0.1) is 0 Å². The standard InChI is InChI=1S/C15H21N3O2/c1-5-15(16,6-2)14-17-13(18-20-14)11-8-7-10(3)9-12(11)19-4/h7-9H,5-6,16H2,1-4H3. The number of aromatic nitrogens is 2. The fourth-order valence-corrected chi connectivity index (χ4v) is 2.07. The van der Waals surface area contributed by atoms with E-state index in [2.05, 4.69) is 10.1 Å². The number of nitrogens with zero attached hydrogens (tertiary/aromatic N) is 2.